The van der Waals surface area contributed by atoms with Crippen LogP contribution < -0.4 is 19.6 Å². The topological polar surface area (TPSA) is 13.0 Å². The summed E-state index contributed by atoms with van der Waals surface area (Å²) < 4.78 is 0. The van der Waals surface area contributed by atoms with Crippen molar-refractivity contribution in [2.75, 3.05) is 72.0 Å². The number of hydrogen-bond donors (Lipinski definition) is 0. The zero-order valence-corrected chi connectivity index (χ0v) is 31.5. The Labute approximate surface area is 298 Å². The second-order valence-corrected chi connectivity index (χ2v) is 12.4. The van der Waals surface area contributed by atoms with E-state index in [4.69, 9.17) is 0 Å². The van der Waals surface area contributed by atoms with E-state index in [1.807, 2.05) is 0 Å². The van der Waals surface area contributed by atoms with Gasteiger partial charge in [0.1, 0.15) is 0 Å². The van der Waals surface area contributed by atoms with Crippen LogP contribution in [-0.4, -0.2) is 52.4 Å². The molecule has 0 aliphatic rings. The minimum absolute atomic E-state index is 0.129. The van der Waals surface area contributed by atoms with Crippen molar-refractivity contribution in [2.45, 2.75) is 61.3 Å². The van der Waals surface area contributed by atoms with Gasteiger partial charge in [-0.3, -0.25) is 0 Å². The number of allylic oxidation sites excluding steroid dienone is 3. The van der Waals surface area contributed by atoms with Crippen LogP contribution in [0.15, 0.2) is 115 Å². The molecule has 0 saturated carbocycles. The molecule has 4 aromatic rings. The van der Waals surface area contributed by atoms with E-state index in [2.05, 4.69) is 190 Å². The molecule has 4 rings (SSSR count). The Bertz CT molecular complexity index is 1460. The molecule has 0 bridgehead atoms. The van der Waals surface area contributed by atoms with Gasteiger partial charge in [0.05, 0.1) is 0 Å². The molecule has 4 heteroatoms. The van der Waals surface area contributed by atoms with Crippen LogP contribution in [0.5, 0.6) is 0 Å². The molecule has 0 aromatic heterocycles. The van der Waals surface area contributed by atoms with E-state index in [1.165, 1.54) is 50.6 Å². The van der Waals surface area contributed by atoms with Gasteiger partial charge >= 0.3 is 0 Å². The van der Waals surface area contributed by atoms with E-state index in [0.717, 1.165) is 52.4 Å². The van der Waals surface area contributed by atoms with Gasteiger partial charge in [0.15, 0.2) is 0 Å². The van der Waals surface area contributed by atoms with E-state index in [-0.39, 0.29) is 5.92 Å². The van der Waals surface area contributed by atoms with E-state index in [9.17, 15) is 0 Å². The average molecular weight is 657 g/mol. The third-order valence-electron chi connectivity index (χ3n) is 9.94. The van der Waals surface area contributed by atoms with Crippen LogP contribution >= 0.6 is 0 Å². The normalized spacial score (nSPS) is 11.2. The van der Waals surface area contributed by atoms with Crippen LogP contribution in [-0.2, 0) is 0 Å². The van der Waals surface area contributed by atoms with Gasteiger partial charge in [-0.25, -0.2) is 0 Å². The van der Waals surface area contributed by atoms with E-state index < -0.39 is 0 Å². The summed E-state index contributed by atoms with van der Waals surface area (Å²) in [6, 6.07) is 36.5. The van der Waals surface area contributed by atoms with E-state index in [0.29, 0.717) is 0 Å². The third kappa shape index (κ3) is 9.38. The maximum absolute atomic E-state index is 2.40. The predicted octanol–water partition coefficient (Wildman–Crippen LogP) is 10.9. The predicted molar refractivity (Wildman–Crippen MR) is 218 cm³/mol. The summed E-state index contributed by atoms with van der Waals surface area (Å²) in [4.78, 5) is 9.60. The fourth-order valence-corrected chi connectivity index (χ4v) is 6.88. The van der Waals surface area contributed by atoms with Gasteiger partial charge in [-0.15, -0.1) is 0 Å². The molecule has 0 heterocycles. The first-order chi connectivity index (χ1) is 23.9. The second kappa shape index (κ2) is 18.9. The van der Waals surface area contributed by atoms with Crippen molar-refractivity contribution in [1.82, 2.24) is 0 Å². The summed E-state index contributed by atoms with van der Waals surface area (Å²) in [7, 11) is 0. The number of rotatable bonds is 18. The Morgan fingerprint density at radius 1 is 0.408 bits per heavy atom. The smallest absolute Gasteiger partial charge is 0.0366 e. The van der Waals surface area contributed by atoms with Gasteiger partial charge in [0.25, 0.3) is 0 Å². The summed E-state index contributed by atoms with van der Waals surface area (Å²) in [6.07, 6.45) is 6.95. The fraction of sp³-hybridized carbons (Fsp3) is 0.378. The number of anilines is 4. The maximum Gasteiger partial charge on any atom is 0.0366 e. The van der Waals surface area contributed by atoms with Crippen molar-refractivity contribution in [3.05, 3.63) is 138 Å². The molecule has 0 amide bonds. The van der Waals surface area contributed by atoms with Gasteiger partial charge in [0, 0.05) is 81.0 Å². The van der Waals surface area contributed by atoms with E-state index >= 15 is 0 Å². The Hall–Kier alpha value is -4.44. The summed E-state index contributed by atoms with van der Waals surface area (Å²) in [6.45, 7) is 25.8. The minimum Gasteiger partial charge on any atom is -0.372 e. The lowest BCUT2D eigenvalue weighted by atomic mass is 9.90. The minimum atomic E-state index is 0.129. The lowest BCUT2D eigenvalue weighted by Crippen LogP contribution is -2.21. The molecular formula is C45H60N4. The Morgan fingerprint density at radius 3 is 0.939 bits per heavy atom. The van der Waals surface area contributed by atoms with Crippen molar-refractivity contribution in [3.8, 4) is 0 Å². The summed E-state index contributed by atoms with van der Waals surface area (Å²) in [5.74, 6) is 0.129. The summed E-state index contributed by atoms with van der Waals surface area (Å²) >= 11 is 0. The van der Waals surface area contributed by atoms with Crippen molar-refractivity contribution < 1.29 is 0 Å². The second-order valence-electron chi connectivity index (χ2n) is 12.4. The standard InChI is InChI=1S/C45H60N4/c1-9-46(10-2)40-28-20-36(21-29-40)44(37-22-30-41(31-23-37)47(11-3)12-4)18-17-19-45(38-24-32-42(33-25-38)48(13-5)14-6)39-26-34-43(35-27-39)49(15-7)16-8/h17-35,44H,9-16H2,1-8H3. The van der Waals surface area contributed by atoms with Crippen molar-refractivity contribution >= 4 is 28.3 Å². The molecule has 0 radical (unpaired) electrons. The summed E-state index contributed by atoms with van der Waals surface area (Å²) in [5, 5.41) is 0. The van der Waals surface area contributed by atoms with Crippen LogP contribution in [0.2, 0.25) is 0 Å². The van der Waals surface area contributed by atoms with Crippen molar-refractivity contribution in [1.29, 1.82) is 0 Å². The number of benzene rings is 4. The molecule has 260 valence electrons. The molecule has 0 spiro atoms. The molecule has 4 nitrogen and oxygen atoms in total. The van der Waals surface area contributed by atoms with Crippen molar-refractivity contribution in [2.24, 2.45) is 0 Å². The quantitative estimate of drug-likeness (QED) is 0.0988. The van der Waals surface area contributed by atoms with E-state index in [1.54, 1.807) is 0 Å². The Morgan fingerprint density at radius 2 is 0.673 bits per heavy atom. The molecule has 0 N–H and O–H groups in total. The van der Waals surface area contributed by atoms with Gasteiger partial charge in [-0.2, -0.15) is 0 Å². The molecule has 0 atom stereocenters. The van der Waals surface area contributed by atoms with Gasteiger partial charge < -0.3 is 19.6 Å². The highest BCUT2D eigenvalue weighted by Crippen LogP contribution is 2.32. The highest BCUT2D eigenvalue weighted by Gasteiger charge is 2.14. The van der Waals surface area contributed by atoms with Crippen LogP contribution in [0, 0.1) is 0 Å². The molecule has 0 aliphatic carbocycles. The third-order valence-corrected chi connectivity index (χ3v) is 9.94. The molecule has 0 fully saturated rings. The lowest BCUT2D eigenvalue weighted by Gasteiger charge is -2.23. The maximum atomic E-state index is 2.40. The first-order valence-corrected chi connectivity index (χ1v) is 18.7. The zero-order valence-electron chi connectivity index (χ0n) is 31.5. The molecular weight excluding hydrogens is 597 g/mol. The Kier molecular flexibility index (Phi) is 14.4. The van der Waals surface area contributed by atoms with Crippen LogP contribution in [0.4, 0.5) is 22.7 Å². The van der Waals surface area contributed by atoms with Gasteiger partial charge in [-0.05, 0) is 132 Å². The monoisotopic (exact) mass is 656 g/mol. The molecule has 0 aliphatic heterocycles. The first kappa shape index (κ1) is 37.4. The van der Waals surface area contributed by atoms with Gasteiger partial charge in [0.2, 0.25) is 0 Å². The highest BCUT2D eigenvalue weighted by molar-refractivity contribution is 5.82. The van der Waals surface area contributed by atoms with Crippen LogP contribution in [0.25, 0.3) is 5.57 Å². The van der Waals surface area contributed by atoms with Crippen LogP contribution in [0.3, 0.4) is 0 Å². The Balaban J connectivity index is 1.78. The molecule has 4 aromatic carbocycles. The first-order valence-electron chi connectivity index (χ1n) is 18.7. The van der Waals surface area contributed by atoms with Crippen molar-refractivity contribution in [3.63, 3.8) is 0 Å². The lowest BCUT2D eigenvalue weighted by molar-refractivity contribution is 0.863. The molecule has 49 heavy (non-hydrogen) atoms. The largest absolute Gasteiger partial charge is 0.372 e. The highest BCUT2D eigenvalue weighted by atomic mass is 15.1. The summed E-state index contributed by atoms with van der Waals surface area (Å²) in [5.41, 5.74) is 11.3. The molecule has 0 saturated heterocycles. The zero-order chi connectivity index (χ0) is 35.2. The fourth-order valence-electron chi connectivity index (χ4n) is 6.88. The van der Waals surface area contributed by atoms with Crippen LogP contribution in [0.1, 0.15) is 83.6 Å². The average Bonchev–Trinajstić information content (AvgIpc) is 3.15. The molecule has 0 unspecified atom stereocenters. The number of hydrogen-bond acceptors (Lipinski definition) is 4. The SMILES string of the molecule is CCN(CC)c1ccc(C(=CC=CC(c2ccc(N(CC)CC)cc2)c2ccc(N(CC)CC)cc2)c2ccc(N(CC)CC)cc2)cc1. The number of nitrogens with zero attached hydrogens (tertiary/aromatic N) is 4. The van der Waals surface area contributed by atoms with Gasteiger partial charge in [-0.1, -0.05) is 66.8 Å².